The van der Waals surface area contributed by atoms with Gasteiger partial charge in [0.1, 0.15) is 0 Å². The summed E-state index contributed by atoms with van der Waals surface area (Å²) in [7, 11) is 0. The second-order valence-corrected chi connectivity index (χ2v) is 5.96. The molecule has 3 amide bonds. The van der Waals surface area contributed by atoms with E-state index in [1.54, 1.807) is 18.2 Å². The van der Waals surface area contributed by atoms with Crippen LogP contribution in [-0.2, 0) is 9.59 Å². The van der Waals surface area contributed by atoms with Crippen LogP contribution in [0.4, 0.5) is 0 Å². The fraction of sp³-hybridized carbons (Fsp3) is 0.333. The number of carboxylic acid groups (broad SMARTS) is 1. The standard InChI is InChI=1S/C15H15BrN2O5/c16-9-3-4-10-11(8-9)15(23)18(14(10)22)7-1-2-12(19)17-6-5-13(20)21/h3-4,8H,1-2,5-7H2,(H,17,19)(H,20,21). The van der Waals surface area contributed by atoms with Gasteiger partial charge in [-0.1, -0.05) is 15.9 Å². The smallest absolute Gasteiger partial charge is 0.305 e. The van der Waals surface area contributed by atoms with E-state index in [0.29, 0.717) is 17.5 Å². The van der Waals surface area contributed by atoms with Crippen LogP contribution in [0.2, 0.25) is 0 Å². The maximum atomic E-state index is 12.2. The molecular formula is C15H15BrN2O5. The van der Waals surface area contributed by atoms with Crippen molar-refractivity contribution < 1.29 is 24.3 Å². The Bertz CT molecular complexity index is 674. The molecule has 0 saturated carbocycles. The van der Waals surface area contributed by atoms with Crippen molar-refractivity contribution in [3.8, 4) is 0 Å². The summed E-state index contributed by atoms with van der Waals surface area (Å²) in [5.74, 6) is -2.01. The Morgan fingerprint density at radius 1 is 1.13 bits per heavy atom. The molecule has 1 aliphatic heterocycles. The maximum Gasteiger partial charge on any atom is 0.305 e. The Balaban J connectivity index is 1.83. The molecule has 23 heavy (non-hydrogen) atoms. The number of carbonyl (C=O) groups is 4. The topological polar surface area (TPSA) is 104 Å². The summed E-state index contributed by atoms with van der Waals surface area (Å²) in [6.45, 7) is 0.214. The Hall–Kier alpha value is -2.22. The van der Waals surface area contributed by atoms with E-state index < -0.39 is 5.97 Å². The Kier molecular flexibility index (Phi) is 5.49. The average Bonchev–Trinajstić information content (AvgIpc) is 2.71. The number of imide groups is 1. The van der Waals surface area contributed by atoms with E-state index in [9.17, 15) is 19.2 Å². The molecule has 0 aromatic heterocycles. The Morgan fingerprint density at radius 2 is 1.83 bits per heavy atom. The molecule has 0 atom stereocenters. The molecule has 0 radical (unpaired) electrons. The van der Waals surface area contributed by atoms with Crippen molar-refractivity contribution in [1.29, 1.82) is 0 Å². The quantitative estimate of drug-likeness (QED) is 0.693. The summed E-state index contributed by atoms with van der Waals surface area (Å²) in [4.78, 5) is 47.4. The number of halogens is 1. The third kappa shape index (κ3) is 4.16. The highest BCUT2D eigenvalue weighted by Gasteiger charge is 2.35. The van der Waals surface area contributed by atoms with Gasteiger partial charge in [0.05, 0.1) is 17.5 Å². The molecule has 7 nitrogen and oxygen atoms in total. The van der Waals surface area contributed by atoms with Crippen molar-refractivity contribution >= 4 is 39.6 Å². The largest absolute Gasteiger partial charge is 0.481 e. The number of hydrogen-bond acceptors (Lipinski definition) is 4. The number of benzene rings is 1. The van der Waals surface area contributed by atoms with Crippen molar-refractivity contribution in [3.05, 3.63) is 33.8 Å². The van der Waals surface area contributed by atoms with Crippen molar-refractivity contribution in [1.82, 2.24) is 10.2 Å². The molecule has 0 spiro atoms. The first kappa shape index (κ1) is 17.1. The van der Waals surface area contributed by atoms with E-state index in [-0.39, 0.29) is 43.7 Å². The number of carboxylic acids is 1. The van der Waals surface area contributed by atoms with Gasteiger partial charge in [-0.3, -0.25) is 24.1 Å². The zero-order chi connectivity index (χ0) is 17.0. The van der Waals surface area contributed by atoms with Gasteiger partial charge >= 0.3 is 5.97 Å². The molecule has 2 N–H and O–H groups in total. The van der Waals surface area contributed by atoms with Gasteiger partial charge in [0.2, 0.25) is 5.91 Å². The second-order valence-electron chi connectivity index (χ2n) is 5.05. The Labute approximate surface area is 140 Å². The number of hydrogen-bond donors (Lipinski definition) is 2. The lowest BCUT2D eigenvalue weighted by Crippen LogP contribution is -2.32. The van der Waals surface area contributed by atoms with Gasteiger partial charge in [-0.05, 0) is 24.6 Å². The van der Waals surface area contributed by atoms with E-state index in [1.165, 1.54) is 0 Å². The van der Waals surface area contributed by atoms with Gasteiger partial charge in [0.15, 0.2) is 0 Å². The minimum atomic E-state index is -0.984. The molecule has 0 aliphatic carbocycles. The molecule has 1 aromatic carbocycles. The molecule has 2 rings (SSSR count). The van der Waals surface area contributed by atoms with Gasteiger partial charge in [0, 0.05) is 24.0 Å². The number of fused-ring (bicyclic) bond motifs is 1. The Morgan fingerprint density at radius 3 is 2.52 bits per heavy atom. The number of rotatable bonds is 7. The van der Waals surface area contributed by atoms with Gasteiger partial charge in [-0.2, -0.15) is 0 Å². The van der Waals surface area contributed by atoms with Crippen LogP contribution in [-0.4, -0.2) is 46.8 Å². The van der Waals surface area contributed by atoms with Crippen molar-refractivity contribution in [3.63, 3.8) is 0 Å². The second kappa shape index (κ2) is 7.36. The number of amides is 3. The van der Waals surface area contributed by atoms with E-state index in [2.05, 4.69) is 21.2 Å². The molecule has 1 aromatic rings. The highest BCUT2D eigenvalue weighted by molar-refractivity contribution is 9.10. The van der Waals surface area contributed by atoms with Crippen LogP contribution in [0.25, 0.3) is 0 Å². The molecule has 122 valence electrons. The van der Waals surface area contributed by atoms with Gasteiger partial charge < -0.3 is 10.4 Å². The number of aliphatic carboxylic acids is 1. The summed E-state index contributed by atoms with van der Waals surface area (Å²) >= 11 is 3.26. The zero-order valence-electron chi connectivity index (χ0n) is 12.2. The fourth-order valence-electron chi connectivity index (χ4n) is 2.26. The molecule has 0 unspecified atom stereocenters. The van der Waals surface area contributed by atoms with Crippen LogP contribution in [0, 0.1) is 0 Å². The molecule has 1 heterocycles. The van der Waals surface area contributed by atoms with E-state index in [4.69, 9.17) is 5.11 Å². The van der Waals surface area contributed by atoms with Gasteiger partial charge in [-0.15, -0.1) is 0 Å². The normalized spacial score (nSPS) is 13.2. The molecule has 1 aliphatic rings. The molecule has 0 bridgehead atoms. The highest BCUT2D eigenvalue weighted by atomic mass is 79.9. The first-order valence-corrected chi connectivity index (χ1v) is 7.83. The third-order valence-corrected chi connectivity index (χ3v) is 3.87. The zero-order valence-corrected chi connectivity index (χ0v) is 13.8. The first-order chi connectivity index (χ1) is 10.9. The molecule has 0 fully saturated rings. The molecular weight excluding hydrogens is 368 g/mol. The van der Waals surface area contributed by atoms with Gasteiger partial charge in [-0.25, -0.2) is 0 Å². The first-order valence-electron chi connectivity index (χ1n) is 7.04. The summed E-state index contributed by atoms with van der Waals surface area (Å²) < 4.78 is 0.719. The van der Waals surface area contributed by atoms with E-state index in [1.807, 2.05) is 0 Å². The predicted octanol–water partition coefficient (Wildman–Crippen LogP) is 1.42. The predicted molar refractivity (Wildman–Crippen MR) is 84.0 cm³/mol. The number of nitrogens with one attached hydrogen (secondary N) is 1. The SMILES string of the molecule is O=C(O)CCNC(=O)CCCN1C(=O)c2ccc(Br)cc2C1=O. The highest BCUT2D eigenvalue weighted by Crippen LogP contribution is 2.26. The summed E-state index contributed by atoms with van der Waals surface area (Å²) in [5, 5.41) is 10.9. The minimum Gasteiger partial charge on any atom is -0.481 e. The summed E-state index contributed by atoms with van der Waals surface area (Å²) in [5.41, 5.74) is 0.722. The number of nitrogens with zero attached hydrogens (tertiary/aromatic N) is 1. The third-order valence-electron chi connectivity index (χ3n) is 3.38. The fourth-order valence-corrected chi connectivity index (χ4v) is 2.62. The maximum absolute atomic E-state index is 12.2. The lowest BCUT2D eigenvalue weighted by atomic mass is 10.1. The van der Waals surface area contributed by atoms with Gasteiger partial charge in [0.25, 0.3) is 11.8 Å². The van der Waals surface area contributed by atoms with Crippen molar-refractivity contribution in [2.24, 2.45) is 0 Å². The van der Waals surface area contributed by atoms with E-state index in [0.717, 1.165) is 9.37 Å². The monoisotopic (exact) mass is 382 g/mol. The molecule has 8 heteroatoms. The van der Waals surface area contributed by atoms with Crippen molar-refractivity contribution in [2.45, 2.75) is 19.3 Å². The minimum absolute atomic E-state index is 0.0647. The lowest BCUT2D eigenvalue weighted by molar-refractivity contribution is -0.136. The lowest BCUT2D eigenvalue weighted by Gasteiger charge is -2.13. The molecule has 0 saturated heterocycles. The summed E-state index contributed by atoms with van der Waals surface area (Å²) in [6.07, 6.45) is 0.307. The van der Waals surface area contributed by atoms with Crippen LogP contribution in [0.5, 0.6) is 0 Å². The number of carbonyl (C=O) groups excluding carboxylic acids is 3. The summed E-state index contributed by atoms with van der Waals surface area (Å²) in [6, 6.07) is 4.90. The van der Waals surface area contributed by atoms with E-state index >= 15 is 0 Å². The van der Waals surface area contributed by atoms with Crippen LogP contribution in [0.15, 0.2) is 22.7 Å². The van der Waals surface area contributed by atoms with Crippen molar-refractivity contribution in [2.75, 3.05) is 13.1 Å². The van der Waals surface area contributed by atoms with Crippen LogP contribution >= 0.6 is 15.9 Å². The van der Waals surface area contributed by atoms with Crippen LogP contribution in [0.3, 0.4) is 0 Å². The van der Waals surface area contributed by atoms with Crippen LogP contribution < -0.4 is 5.32 Å². The average molecular weight is 383 g/mol. The van der Waals surface area contributed by atoms with Crippen LogP contribution in [0.1, 0.15) is 40.0 Å².